The summed E-state index contributed by atoms with van der Waals surface area (Å²) in [5.41, 5.74) is 3.95. The van der Waals surface area contributed by atoms with E-state index in [4.69, 9.17) is 11.6 Å². The SMILES string of the molecule is Cc1ccc(CNC(=O)c2ccc(CNc3nc(Cl)nc4sc(C)cc34)cc2)cc1. The third kappa shape index (κ3) is 4.78. The Balaban J connectivity index is 1.38. The van der Waals surface area contributed by atoms with Crippen LogP contribution in [-0.2, 0) is 13.1 Å². The molecule has 0 bridgehead atoms. The lowest BCUT2D eigenvalue weighted by molar-refractivity contribution is 0.0951. The van der Waals surface area contributed by atoms with Gasteiger partial charge >= 0.3 is 0 Å². The molecule has 0 aliphatic heterocycles. The molecule has 0 aliphatic carbocycles. The Hall–Kier alpha value is -2.96. The molecule has 152 valence electrons. The fourth-order valence-corrected chi connectivity index (χ4v) is 4.20. The van der Waals surface area contributed by atoms with Gasteiger partial charge in [-0.15, -0.1) is 11.3 Å². The number of hydrogen-bond donors (Lipinski definition) is 2. The van der Waals surface area contributed by atoms with Crippen LogP contribution in [0.4, 0.5) is 5.82 Å². The highest BCUT2D eigenvalue weighted by Gasteiger charge is 2.10. The average molecular weight is 437 g/mol. The Morgan fingerprint density at radius 3 is 2.37 bits per heavy atom. The fraction of sp³-hybridized carbons (Fsp3) is 0.174. The van der Waals surface area contributed by atoms with Crippen LogP contribution in [-0.4, -0.2) is 15.9 Å². The molecule has 5 nitrogen and oxygen atoms in total. The zero-order valence-electron chi connectivity index (χ0n) is 16.7. The van der Waals surface area contributed by atoms with Crippen molar-refractivity contribution in [2.24, 2.45) is 0 Å². The molecule has 2 heterocycles. The van der Waals surface area contributed by atoms with Crippen molar-refractivity contribution < 1.29 is 4.79 Å². The van der Waals surface area contributed by atoms with Crippen LogP contribution in [0.25, 0.3) is 10.2 Å². The maximum absolute atomic E-state index is 12.4. The summed E-state index contributed by atoms with van der Waals surface area (Å²) in [6.07, 6.45) is 0. The van der Waals surface area contributed by atoms with Gasteiger partial charge in [0.05, 0.1) is 5.39 Å². The lowest BCUT2D eigenvalue weighted by atomic mass is 10.1. The van der Waals surface area contributed by atoms with E-state index >= 15 is 0 Å². The number of anilines is 1. The fourth-order valence-electron chi connectivity index (χ4n) is 3.10. The molecule has 0 unspecified atom stereocenters. The minimum Gasteiger partial charge on any atom is -0.365 e. The van der Waals surface area contributed by atoms with Crippen LogP contribution in [0, 0.1) is 13.8 Å². The predicted molar refractivity (Wildman–Crippen MR) is 123 cm³/mol. The normalized spacial score (nSPS) is 10.9. The predicted octanol–water partition coefficient (Wildman–Crippen LogP) is 5.50. The van der Waals surface area contributed by atoms with Crippen LogP contribution in [0.1, 0.15) is 31.9 Å². The Labute approximate surface area is 184 Å². The lowest BCUT2D eigenvalue weighted by Crippen LogP contribution is -2.22. The molecule has 0 radical (unpaired) electrons. The Morgan fingerprint density at radius 2 is 1.63 bits per heavy atom. The van der Waals surface area contributed by atoms with Gasteiger partial charge in [0, 0.05) is 23.5 Å². The second-order valence-electron chi connectivity index (χ2n) is 7.14. The zero-order valence-corrected chi connectivity index (χ0v) is 18.3. The molecule has 0 atom stereocenters. The number of benzene rings is 2. The standard InChI is InChI=1S/C23H21ClN4OS/c1-14-3-5-16(6-4-14)13-26-21(29)18-9-7-17(8-10-18)12-25-20-19-11-15(2)30-22(19)28-23(24)27-20/h3-11H,12-13H2,1-2H3,(H,26,29)(H,25,27,28). The number of rotatable bonds is 6. The summed E-state index contributed by atoms with van der Waals surface area (Å²) in [6.45, 7) is 5.16. The van der Waals surface area contributed by atoms with E-state index in [1.165, 1.54) is 5.56 Å². The van der Waals surface area contributed by atoms with Gasteiger partial charge in [-0.25, -0.2) is 9.97 Å². The smallest absolute Gasteiger partial charge is 0.251 e. The van der Waals surface area contributed by atoms with Gasteiger partial charge in [-0.1, -0.05) is 42.0 Å². The van der Waals surface area contributed by atoms with Gasteiger partial charge in [0.25, 0.3) is 5.91 Å². The van der Waals surface area contributed by atoms with E-state index in [9.17, 15) is 4.79 Å². The van der Waals surface area contributed by atoms with Crippen LogP contribution in [0.5, 0.6) is 0 Å². The number of carbonyl (C=O) groups is 1. The number of amides is 1. The number of fused-ring (bicyclic) bond motifs is 1. The number of hydrogen-bond acceptors (Lipinski definition) is 5. The topological polar surface area (TPSA) is 66.9 Å². The number of aryl methyl sites for hydroxylation is 2. The number of nitrogens with one attached hydrogen (secondary N) is 2. The van der Waals surface area contributed by atoms with Gasteiger partial charge in [0.15, 0.2) is 0 Å². The van der Waals surface area contributed by atoms with Gasteiger partial charge in [0.1, 0.15) is 10.6 Å². The third-order valence-electron chi connectivity index (χ3n) is 4.74. The Kier molecular flexibility index (Phi) is 5.97. The zero-order chi connectivity index (χ0) is 21.1. The van der Waals surface area contributed by atoms with Gasteiger partial charge in [-0.05, 0) is 54.8 Å². The van der Waals surface area contributed by atoms with Gasteiger partial charge in [0.2, 0.25) is 5.28 Å². The van der Waals surface area contributed by atoms with Crippen molar-refractivity contribution in [1.29, 1.82) is 0 Å². The Bertz CT molecular complexity index is 1190. The first kappa shape index (κ1) is 20.3. The molecule has 30 heavy (non-hydrogen) atoms. The van der Waals surface area contributed by atoms with E-state index in [-0.39, 0.29) is 11.2 Å². The largest absolute Gasteiger partial charge is 0.365 e. The summed E-state index contributed by atoms with van der Waals surface area (Å²) in [7, 11) is 0. The summed E-state index contributed by atoms with van der Waals surface area (Å²) in [6, 6.07) is 17.7. The summed E-state index contributed by atoms with van der Waals surface area (Å²) < 4.78 is 0. The molecule has 7 heteroatoms. The van der Waals surface area contributed by atoms with Crippen molar-refractivity contribution >= 4 is 44.9 Å². The maximum Gasteiger partial charge on any atom is 0.251 e. The molecule has 1 amide bonds. The molecule has 4 aromatic rings. The van der Waals surface area contributed by atoms with Crippen LogP contribution < -0.4 is 10.6 Å². The average Bonchev–Trinajstić information content (AvgIpc) is 3.11. The van der Waals surface area contributed by atoms with E-state index in [1.54, 1.807) is 11.3 Å². The van der Waals surface area contributed by atoms with Crippen molar-refractivity contribution in [2.45, 2.75) is 26.9 Å². The molecule has 0 fully saturated rings. The van der Waals surface area contributed by atoms with Crippen LogP contribution in [0.3, 0.4) is 0 Å². The number of aromatic nitrogens is 2. The number of thiophene rings is 1. The third-order valence-corrected chi connectivity index (χ3v) is 5.85. The molecule has 0 saturated carbocycles. The molecule has 2 aromatic carbocycles. The first-order valence-electron chi connectivity index (χ1n) is 9.58. The minimum absolute atomic E-state index is 0.0897. The van der Waals surface area contributed by atoms with Crippen molar-refractivity contribution in [3.63, 3.8) is 0 Å². The van der Waals surface area contributed by atoms with Crippen molar-refractivity contribution in [3.8, 4) is 0 Å². The maximum atomic E-state index is 12.4. The monoisotopic (exact) mass is 436 g/mol. The van der Waals surface area contributed by atoms with Gasteiger partial charge < -0.3 is 10.6 Å². The quantitative estimate of drug-likeness (QED) is 0.391. The van der Waals surface area contributed by atoms with E-state index < -0.39 is 0 Å². The van der Waals surface area contributed by atoms with Crippen LogP contribution >= 0.6 is 22.9 Å². The van der Waals surface area contributed by atoms with Crippen molar-refractivity contribution in [1.82, 2.24) is 15.3 Å². The highest BCUT2D eigenvalue weighted by Crippen LogP contribution is 2.29. The molecular weight excluding hydrogens is 416 g/mol. The summed E-state index contributed by atoms with van der Waals surface area (Å²) in [5.74, 6) is 0.627. The molecular formula is C23H21ClN4OS. The summed E-state index contributed by atoms with van der Waals surface area (Å²) >= 11 is 7.64. The number of carbonyl (C=O) groups excluding carboxylic acids is 1. The molecule has 0 aliphatic rings. The minimum atomic E-state index is -0.0897. The molecule has 0 spiro atoms. The van der Waals surface area contributed by atoms with E-state index in [0.717, 1.165) is 26.2 Å². The summed E-state index contributed by atoms with van der Waals surface area (Å²) in [5, 5.41) is 7.48. The highest BCUT2D eigenvalue weighted by atomic mass is 35.5. The first-order valence-corrected chi connectivity index (χ1v) is 10.8. The molecule has 2 aromatic heterocycles. The van der Waals surface area contributed by atoms with Gasteiger partial charge in [-0.2, -0.15) is 0 Å². The highest BCUT2D eigenvalue weighted by molar-refractivity contribution is 7.18. The number of nitrogens with zero attached hydrogens (tertiary/aromatic N) is 2. The van der Waals surface area contributed by atoms with E-state index in [2.05, 4.69) is 26.7 Å². The Morgan fingerprint density at radius 1 is 0.967 bits per heavy atom. The molecule has 4 rings (SSSR count). The van der Waals surface area contributed by atoms with E-state index in [1.807, 2.05) is 62.4 Å². The molecule has 2 N–H and O–H groups in total. The van der Waals surface area contributed by atoms with Crippen molar-refractivity contribution in [3.05, 3.63) is 87.0 Å². The van der Waals surface area contributed by atoms with E-state index in [0.29, 0.717) is 24.5 Å². The van der Waals surface area contributed by atoms with Crippen molar-refractivity contribution in [2.75, 3.05) is 5.32 Å². The first-order chi connectivity index (χ1) is 14.5. The lowest BCUT2D eigenvalue weighted by Gasteiger charge is -2.09. The number of halogens is 1. The summed E-state index contributed by atoms with van der Waals surface area (Å²) in [4.78, 5) is 23.0. The van der Waals surface area contributed by atoms with Crippen LogP contribution in [0.15, 0.2) is 54.6 Å². The second-order valence-corrected chi connectivity index (χ2v) is 8.71. The second kappa shape index (κ2) is 8.81. The van der Waals surface area contributed by atoms with Crippen LogP contribution in [0.2, 0.25) is 5.28 Å². The molecule has 0 saturated heterocycles. The van der Waals surface area contributed by atoms with Gasteiger partial charge in [-0.3, -0.25) is 4.79 Å².